The summed E-state index contributed by atoms with van der Waals surface area (Å²) >= 11 is 5.93. The number of likely N-dealkylation sites (tertiary alicyclic amines) is 1. The maximum atomic E-state index is 13.9. The lowest BCUT2D eigenvalue weighted by atomic mass is 9.88. The molecule has 31 heavy (non-hydrogen) atoms. The van der Waals surface area contributed by atoms with Crippen LogP contribution in [-0.4, -0.2) is 29.8 Å². The Balaban J connectivity index is 1.55. The van der Waals surface area contributed by atoms with E-state index >= 15 is 0 Å². The Hall–Kier alpha value is -3.18. The molecule has 0 spiro atoms. The fraction of sp³-hybridized carbons (Fsp3) is 0.200. The Morgan fingerprint density at radius 2 is 1.71 bits per heavy atom. The Kier molecular flexibility index (Phi) is 6.33. The molecule has 1 aliphatic rings. The van der Waals surface area contributed by atoms with E-state index in [-0.39, 0.29) is 30.1 Å². The molecule has 0 bridgehead atoms. The lowest BCUT2D eigenvalue weighted by molar-refractivity contribution is -0.125. The molecule has 158 valence electrons. The van der Waals surface area contributed by atoms with Gasteiger partial charge in [0.1, 0.15) is 5.82 Å². The van der Waals surface area contributed by atoms with Crippen molar-refractivity contribution in [3.8, 4) is 0 Å². The van der Waals surface area contributed by atoms with E-state index in [4.69, 9.17) is 11.6 Å². The van der Waals surface area contributed by atoms with E-state index in [1.807, 2.05) is 36.4 Å². The van der Waals surface area contributed by atoms with Crippen molar-refractivity contribution in [3.63, 3.8) is 0 Å². The highest BCUT2D eigenvalue weighted by Crippen LogP contribution is 2.34. The average Bonchev–Trinajstić information content (AvgIpc) is 3.24. The minimum Gasteiger partial charge on any atom is -0.352 e. The Labute approximate surface area is 185 Å². The van der Waals surface area contributed by atoms with Gasteiger partial charge >= 0.3 is 0 Å². The SMILES string of the molecule is O=C(NCc1ccccc1)[C@@H]1CN(C(=O)c2ccc(Cl)cc2)C[C@H]1c1cccc(F)c1. The molecule has 3 aromatic rings. The van der Waals surface area contributed by atoms with E-state index in [1.165, 1.54) is 12.1 Å². The van der Waals surface area contributed by atoms with Gasteiger partial charge in [0.15, 0.2) is 0 Å². The number of amides is 2. The van der Waals surface area contributed by atoms with E-state index < -0.39 is 5.92 Å². The number of hydrogen-bond acceptors (Lipinski definition) is 2. The summed E-state index contributed by atoms with van der Waals surface area (Å²) in [6.07, 6.45) is 0. The van der Waals surface area contributed by atoms with Crippen LogP contribution < -0.4 is 5.32 Å². The number of nitrogens with one attached hydrogen (secondary N) is 1. The van der Waals surface area contributed by atoms with Crippen LogP contribution in [0.5, 0.6) is 0 Å². The van der Waals surface area contributed by atoms with Crippen LogP contribution in [0.15, 0.2) is 78.9 Å². The number of halogens is 2. The molecule has 1 aliphatic heterocycles. The molecular formula is C25H22ClFN2O2. The van der Waals surface area contributed by atoms with Crippen molar-refractivity contribution in [2.75, 3.05) is 13.1 Å². The number of hydrogen-bond donors (Lipinski definition) is 1. The van der Waals surface area contributed by atoms with Crippen molar-refractivity contribution in [3.05, 3.63) is 106 Å². The molecule has 6 heteroatoms. The number of carbonyl (C=O) groups excluding carboxylic acids is 2. The molecule has 3 aromatic carbocycles. The molecular weight excluding hydrogens is 415 g/mol. The van der Waals surface area contributed by atoms with Crippen LogP contribution >= 0.6 is 11.6 Å². The third kappa shape index (κ3) is 4.94. The van der Waals surface area contributed by atoms with Gasteiger partial charge in [-0.25, -0.2) is 4.39 Å². The predicted molar refractivity (Wildman–Crippen MR) is 118 cm³/mol. The van der Waals surface area contributed by atoms with Gasteiger partial charge in [0.25, 0.3) is 5.91 Å². The molecule has 2 atom stereocenters. The number of carbonyl (C=O) groups is 2. The van der Waals surface area contributed by atoms with Crippen LogP contribution in [0.3, 0.4) is 0 Å². The van der Waals surface area contributed by atoms with Crippen LogP contribution in [0.4, 0.5) is 4.39 Å². The van der Waals surface area contributed by atoms with E-state index in [2.05, 4.69) is 5.32 Å². The number of rotatable bonds is 5. The van der Waals surface area contributed by atoms with Crippen molar-refractivity contribution in [2.45, 2.75) is 12.5 Å². The van der Waals surface area contributed by atoms with Crippen molar-refractivity contribution in [2.24, 2.45) is 5.92 Å². The summed E-state index contributed by atoms with van der Waals surface area (Å²) in [6.45, 7) is 1.01. The largest absolute Gasteiger partial charge is 0.352 e. The van der Waals surface area contributed by atoms with Gasteiger partial charge in [-0.1, -0.05) is 54.1 Å². The van der Waals surface area contributed by atoms with Gasteiger partial charge in [-0.05, 0) is 47.5 Å². The lowest BCUT2D eigenvalue weighted by Crippen LogP contribution is -2.35. The van der Waals surface area contributed by atoms with Gasteiger partial charge in [-0.15, -0.1) is 0 Å². The molecule has 4 rings (SSSR count). The quantitative estimate of drug-likeness (QED) is 0.632. The fourth-order valence-electron chi connectivity index (χ4n) is 4.00. The van der Waals surface area contributed by atoms with Gasteiger partial charge in [-0.2, -0.15) is 0 Å². The van der Waals surface area contributed by atoms with E-state index in [0.29, 0.717) is 29.2 Å². The van der Waals surface area contributed by atoms with Crippen molar-refractivity contribution in [1.29, 1.82) is 0 Å². The van der Waals surface area contributed by atoms with E-state index in [9.17, 15) is 14.0 Å². The maximum absolute atomic E-state index is 13.9. The minimum absolute atomic E-state index is 0.149. The molecule has 0 unspecified atom stereocenters. The minimum atomic E-state index is -0.471. The van der Waals surface area contributed by atoms with Gasteiger partial charge in [0, 0.05) is 36.1 Å². The standard InChI is InChI=1S/C25H22ClFN2O2/c26-20-11-9-18(10-12-20)25(31)29-15-22(19-7-4-8-21(27)13-19)23(16-29)24(30)28-14-17-5-2-1-3-6-17/h1-13,22-23H,14-16H2,(H,28,30)/t22-,23+/m0/s1. The summed E-state index contributed by atoms with van der Waals surface area (Å²) in [5.74, 6) is -1.44. The third-order valence-electron chi connectivity index (χ3n) is 5.62. The summed E-state index contributed by atoms with van der Waals surface area (Å²) in [5, 5.41) is 3.52. The zero-order chi connectivity index (χ0) is 21.8. The second-order valence-electron chi connectivity index (χ2n) is 7.69. The Bertz CT molecular complexity index is 1070. The van der Waals surface area contributed by atoms with E-state index in [1.54, 1.807) is 35.2 Å². The van der Waals surface area contributed by atoms with Gasteiger partial charge in [0.2, 0.25) is 5.91 Å². The van der Waals surface area contributed by atoms with Gasteiger partial charge in [0.05, 0.1) is 5.92 Å². The first kappa shape index (κ1) is 21.1. The summed E-state index contributed by atoms with van der Waals surface area (Å²) < 4.78 is 13.9. The summed E-state index contributed by atoms with van der Waals surface area (Å²) in [4.78, 5) is 27.8. The number of nitrogens with zero attached hydrogens (tertiary/aromatic N) is 1. The third-order valence-corrected chi connectivity index (χ3v) is 5.87. The molecule has 0 radical (unpaired) electrons. The first-order valence-corrected chi connectivity index (χ1v) is 10.5. The molecule has 1 N–H and O–H groups in total. The second-order valence-corrected chi connectivity index (χ2v) is 8.12. The molecule has 0 aliphatic carbocycles. The van der Waals surface area contributed by atoms with Crippen molar-refractivity contribution in [1.82, 2.24) is 10.2 Å². The molecule has 4 nitrogen and oxygen atoms in total. The fourth-order valence-corrected chi connectivity index (χ4v) is 4.13. The van der Waals surface area contributed by atoms with Crippen LogP contribution in [0.1, 0.15) is 27.4 Å². The first-order chi connectivity index (χ1) is 15.0. The van der Waals surface area contributed by atoms with Gasteiger partial charge < -0.3 is 10.2 Å². The van der Waals surface area contributed by atoms with Gasteiger partial charge in [-0.3, -0.25) is 9.59 Å². The first-order valence-electron chi connectivity index (χ1n) is 10.1. The highest BCUT2D eigenvalue weighted by atomic mass is 35.5. The zero-order valence-corrected chi connectivity index (χ0v) is 17.6. The van der Waals surface area contributed by atoms with Crippen LogP contribution in [0.25, 0.3) is 0 Å². The van der Waals surface area contributed by atoms with Crippen LogP contribution in [-0.2, 0) is 11.3 Å². The molecule has 1 saturated heterocycles. The van der Waals surface area contributed by atoms with Crippen LogP contribution in [0.2, 0.25) is 5.02 Å². The predicted octanol–water partition coefficient (Wildman–Crippen LogP) is 4.65. The number of benzene rings is 3. The maximum Gasteiger partial charge on any atom is 0.253 e. The van der Waals surface area contributed by atoms with Crippen LogP contribution in [0, 0.1) is 11.7 Å². The van der Waals surface area contributed by atoms with Crippen molar-refractivity contribution >= 4 is 23.4 Å². The molecule has 0 aromatic heterocycles. The zero-order valence-electron chi connectivity index (χ0n) is 16.8. The summed E-state index contributed by atoms with van der Waals surface area (Å²) in [5.41, 5.74) is 2.21. The highest BCUT2D eigenvalue weighted by Gasteiger charge is 2.40. The summed E-state index contributed by atoms with van der Waals surface area (Å²) in [6, 6.07) is 22.6. The highest BCUT2D eigenvalue weighted by molar-refractivity contribution is 6.30. The van der Waals surface area contributed by atoms with Crippen molar-refractivity contribution < 1.29 is 14.0 Å². The topological polar surface area (TPSA) is 49.4 Å². The second kappa shape index (κ2) is 9.31. The average molecular weight is 437 g/mol. The molecule has 0 saturated carbocycles. The Morgan fingerprint density at radius 1 is 0.968 bits per heavy atom. The molecule has 1 fully saturated rings. The molecule has 2 amide bonds. The summed E-state index contributed by atoms with van der Waals surface area (Å²) in [7, 11) is 0. The Morgan fingerprint density at radius 3 is 2.42 bits per heavy atom. The van der Waals surface area contributed by atoms with E-state index in [0.717, 1.165) is 5.56 Å². The molecule has 1 heterocycles. The smallest absolute Gasteiger partial charge is 0.253 e. The lowest BCUT2D eigenvalue weighted by Gasteiger charge is -2.18. The monoisotopic (exact) mass is 436 g/mol. The normalized spacial score (nSPS) is 18.1.